The minimum Gasteiger partial charge on any atom is -0.488 e. The number of nitrogens with zero attached hydrogens (tertiary/aromatic N) is 1. The summed E-state index contributed by atoms with van der Waals surface area (Å²) in [4.78, 5) is 5.22. The van der Waals surface area contributed by atoms with Gasteiger partial charge >= 0.3 is 0 Å². The molecule has 100 valence electrons. The Morgan fingerprint density at radius 1 is 1.42 bits per heavy atom. The smallest absolute Gasteiger partial charge is 0.124 e. The summed E-state index contributed by atoms with van der Waals surface area (Å²) in [5.41, 5.74) is 4.36. The summed E-state index contributed by atoms with van der Waals surface area (Å²) in [6.45, 7) is 3.61. The van der Waals surface area contributed by atoms with Crippen molar-refractivity contribution in [1.82, 2.24) is 10.3 Å². The molecule has 1 saturated carbocycles. The highest BCUT2D eigenvalue weighted by atomic mass is 32.1. The van der Waals surface area contributed by atoms with Gasteiger partial charge in [0.1, 0.15) is 12.4 Å². The molecule has 1 N–H and O–H groups in total. The van der Waals surface area contributed by atoms with Gasteiger partial charge in [0, 0.05) is 24.3 Å². The Labute approximate surface area is 117 Å². The molecule has 0 bridgehead atoms. The molecule has 3 rings (SSSR count). The van der Waals surface area contributed by atoms with E-state index in [2.05, 4.69) is 35.4 Å². The van der Waals surface area contributed by atoms with Crippen molar-refractivity contribution in [2.45, 2.75) is 39.0 Å². The number of thiazole rings is 1. The molecule has 2 aromatic rings. The van der Waals surface area contributed by atoms with Gasteiger partial charge in [-0.3, -0.25) is 4.98 Å². The van der Waals surface area contributed by atoms with Crippen molar-refractivity contribution < 1.29 is 4.74 Å². The molecule has 4 heteroatoms. The molecule has 1 heterocycles. The third-order valence-electron chi connectivity index (χ3n) is 3.23. The van der Waals surface area contributed by atoms with Crippen molar-refractivity contribution in [3.05, 3.63) is 45.9 Å². The fourth-order valence-electron chi connectivity index (χ4n) is 1.99. The predicted octanol–water partition coefficient (Wildman–Crippen LogP) is 3.28. The minimum absolute atomic E-state index is 0.601. The second-order valence-corrected chi connectivity index (χ2v) is 5.99. The quantitative estimate of drug-likeness (QED) is 0.877. The van der Waals surface area contributed by atoms with Crippen LogP contribution < -0.4 is 10.1 Å². The van der Waals surface area contributed by atoms with Crippen LogP contribution in [0.15, 0.2) is 29.9 Å². The molecule has 0 aliphatic heterocycles. The molecular formula is C15H18N2OS. The maximum absolute atomic E-state index is 5.92. The summed E-state index contributed by atoms with van der Waals surface area (Å²) >= 11 is 1.63. The largest absolute Gasteiger partial charge is 0.488 e. The number of aromatic nitrogens is 1. The highest BCUT2D eigenvalue weighted by Crippen LogP contribution is 2.24. The Hall–Kier alpha value is -1.39. The van der Waals surface area contributed by atoms with Crippen LogP contribution in [0.2, 0.25) is 0 Å². The minimum atomic E-state index is 0.601. The molecule has 1 aliphatic carbocycles. The first-order valence-corrected chi connectivity index (χ1v) is 7.52. The summed E-state index contributed by atoms with van der Waals surface area (Å²) < 4.78 is 5.92. The first-order chi connectivity index (χ1) is 9.31. The van der Waals surface area contributed by atoms with Crippen molar-refractivity contribution in [1.29, 1.82) is 0 Å². The van der Waals surface area contributed by atoms with Crippen molar-refractivity contribution in [2.24, 2.45) is 0 Å². The van der Waals surface area contributed by atoms with Crippen LogP contribution in [0, 0.1) is 6.92 Å². The van der Waals surface area contributed by atoms with E-state index in [0.29, 0.717) is 6.61 Å². The Kier molecular flexibility index (Phi) is 3.80. The van der Waals surface area contributed by atoms with Crippen molar-refractivity contribution in [2.75, 3.05) is 0 Å². The van der Waals surface area contributed by atoms with E-state index in [0.717, 1.165) is 23.2 Å². The average molecular weight is 274 g/mol. The van der Waals surface area contributed by atoms with Gasteiger partial charge in [-0.15, -0.1) is 11.3 Å². The first kappa shape index (κ1) is 12.6. The van der Waals surface area contributed by atoms with Gasteiger partial charge in [0.15, 0.2) is 0 Å². The van der Waals surface area contributed by atoms with E-state index in [4.69, 9.17) is 4.74 Å². The van der Waals surface area contributed by atoms with Crippen LogP contribution in [0.3, 0.4) is 0 Å². The predicted molar refractivity (Wildman–Crippen MR) is 77.5 cm³/mol. The third kappa shape index (κ3) is 3.55. The van der Waals surface area contributed by atoms with Crippen LogP contribution in [-0.4, -0.2) is 11.0 Å². The lowest BCUT2D eigenvalue weighted by Crippen LogP contribution is -2.16. The van der Waals surface area contributed by atoms with E-state index in [1.54, 1.807) is 11.3 Å². The summed E-state index contributed by atoms with van der Waals surface area (Å²) in [5.74, 6) is 0.979. The van der Waals surface area contributed by atoms with Gasteiger partial charge in [0.2, 0.25) is 0 Å². The van der Waals surface area contributed by atoms with Gasteiger partial charge in [-0.2, -0.15) is 0 Å². The number of aryl methyl sites for hydroxylation is 1. The topological polar surface area (TPSA) is 34.1 Å². The zero-order valence-corrected chi connectivity index (χ0v) is 11.9. The summed E-state index contributed by atoms with van der Waals surface area (Å²) in [6.07, 6.45) is 4.48. The van der Waals surface area contributed by atoms with Gasteiger partial charge in [-0.1, -0.05) is 17.7 Å². The number of benzene rings is 1. The fraction of sp³-hybridized carbons (Fsp3) is 0.400. The standard InChI is InChI=1S/C15H18N2OS/c1-11-2-5-15(18-9-14-8-16-10-19-14)12(6-11)7-17-13-3-4-13/h2,5-6,8,10,13,17H,3-4,7,9H2,1H3. The molecule has 1 fully saturated rings. The SMILES string of the molecule is Cc1ccc(OCc2cncs2)c(CNC2CC2)c1. The Morgan fingerprint density at radius 2 is 2.32 bits per heavy atom. The molecule has 1 aromatic carbocycles. The molecular weight excluding hydrogens is 256 g/mol. The zero-order valence-electron chi connectivity index (χ0n) is 11.1. The van der Waals surface area contributed by atoms with Crippen LogP contribution in [-0.2, 0) is 13.2 Å². The molecule has 0 amide bonds. The summed E-state index contributed by atoms with van der Waals surface area (Å²) in [5, 5.41) is 3.54. The molecule has 1 aromatic heterocycles. The van der Waals surface area contributed by atoms with Gasteiger partial charge in [0.05, 0.1) is 10.4 Å². The van der Waals surface area contributed by atoms with Crippen molar-refractivity contribution >= 4 is 11.3 Å². The lowest BCUT2D eigenvalue weighted by Gasteiger charge is -2.12. The zero-order chi connectivity index (χ0) is 13.1. The molecule has 0 saturated heterocycles. The monoisotopic (exact) mass is 274 g/mol. The van der Waals surface area contributed by atoms with E-state index in [-0.39, 0.29) is 0 Å². The van der Waals surface area contributed by atoms with Crippen LogP contribution in [0.1, 0.15) is 28.8 Å². The van der Waals surface area contributed by atoms with Gasteiger partial charge in [-0.05, 0) is 25.8 Å². The first-order valence-electron chi connectivity index (χ1n) is 6.64. The van der Waals surface area contributed by atoms with Crippen LogP contribution in [0.25, 0.3) is 0 Å². The number of rotatable bonds is 6. The van der Waals surface area contributed by atoms with Crippen molar-refractivity contribution in [3.63, 3.8) is 0 Å². The lowest BCUT2D eigenvalue weighted by atomic mass is 10.1. The normalized spacial score (nSPS) is 14.6. The van der Waals surface area contributed by atoms with Crippen LogP contribution in [0.4, 0.5) is 0 Å². The average Bonchev–Trinajstić information content (AvgIpc) is 3.10. The molecule has 0 spiro atoms. The molecule has 19 heavy (non-hydrogen) atoms. The number of ether oxygens (including phenoxy) is 1. The lowest BCUT2D eigenvalue weighted by molar-refractivity contribution is 0.305. The van der Waals surface area contributed by atoms with Gasteiger partial charge < -0.3 is 10.1 Å². The van der Waals surface area contributed by atoms with Gasteiger partial charge in [0.25, 0.3) is 0 Å². The van der Waals surface area contributed by atoms with E-state index >= 15 is 0 Å². The summed E-state index contributed by atoms with van der Waals surface area (Å²) in [6, 6.07) is 7.09. The third-order valence-corrected chi connectivity index (χ3v) is 3.98. The highest BCUT2D eigenvalue weighted by molar-refractivity contribution is 7.09. The fourth-order valence-corrected chi connectivity index (χ4v) is 2.50. The number of hydrogen-bond acceptors (Lipinski definition) is 4. The Morgan fingerprint density at radius 3 is 3.05 bits per heavy atom. The molecule has 0 radical (unpaired) electrons. The van der Waals surface area contributed by atoms with Gasteiger partial charge in [-0.25, -0.2) is 0 Å². The second kappa shape index (κ2) is 5.72. The van der Waals surface area contributed by atoms with Crippen LogP contribution >= 0.6 is 11.3 Å². The number of nitrogens with one attached hydrogen (secondary N) is 1. The molecule has 3 nitrogen and oxygen atoms in total. The molecule has 0 atom stereocenters. The maximum atomic E-state index is 5.92. The highest BCUT2D eigenvalue weighted by Gasteiger charge is 2.20. The second-order valence-electron chi connectivity index (χ2n) is 5.02. The van der Waals surface area contributed by atoms with Crippen molar-refractivity contribution in [3.8, 4) is 5.75 Å². The summed E-state index contributed by atoms with van der Waals surface area (Å²) in [7, 11) is 0. The van der Waals surface area contributed by atoms with E-state index in [9.17, 15) is 0 Å². The Bertz CT molecular complexity index is 535. The van der Waals surface area contributed by atoms with Crippen LogP contribution in [0.5, 0.6) is 5.75 Å². The molecule has 0 unspecified atom stereocenters. The number of hydrogen-bond donors (Lipinski definition) is 1. The molecule has 1 aliphatic rings. The maximum Gasteiger partial charge on any atom is 0.124 e. The van der Waals surface area contributed by atoms with E-state index in [1.807, 2.05) is 11.7 Å². The van der Waals surface area contributed by atoms with E-state index in [1.165, 1.54) is 24.0 Å². The Balaban J connectivity index is 1.67. The van der Waals surface area contributed by atoms with E-state index < -0.39 is 0 Å².